The molecule has 0 aromatic rings. The molecule has 21 heteroatoms. The maximum Gasteiger partial charge on any atom is 0.245 e. The lowest BCUT2D eigenvalue weighted by atomic mass is 9.76. The number of ether oxygens (including phenoxy) is 3. The molecular weight excluding hydrogens is 1400 g/mol. The summed E-state index contributed by atoms with van der Waals surface area (Å²) in [5.41, 5.74) is -15.1. The Morgan fingerprint density at radius 1 is 0.189 bits per heavy atom. The summed E-state index contributed by atoms with van der Waals surface area (Å²) in [5.74, 6) is -6.52. The Morgan fingerprint density at radius 2 is 0.315 bits per heavy atom. The van der Waals surface area contributed by atoms with Gasteiger partial charge in [-0.2, -0.15) is 0 Å². The molecule has 0 aromatic heterocycles. The average Bonchev–Trinajstić information content (AvgIpc) is 0.771. The minimum atomic E-state index is -2.37. The Labute approximate surface area is 678 Å². The zero-order valence-electron chi connectivity index (χ0n) is 76.7. The number of amides is 9. The van der Waals surface area contributed by atoms with Crippen LogP contribution in [0.15, 0.2) is 0 Å². The van der Waals surface area contributed by atoms with Crippen molar-refractivity contribution in [2.75, 3.05) is 39.6 Å². The predicted octanol–water partition coefficient (Wildman–Crippen LogP) is 17.5. The summed E-state index contributed by atoms with van der Waals surface area (Å²) in [6, 6.07) is 0. The molecule has 111 heavy (non-hydrogen) atoms. The van der Waals surface area contributed by atoms with E-state index in [-0.39, 0.29) is 58.9 Å². The van der Waals surface area contributed by atoms with E-state index in [0.29, 0.717) is 186 Å². The molecule has 0 rings (SSSR count). The van der Waals surface area contributed by atoms with Gasteiger partial charge in [-0.3, -0.25) is 43.2 Å². The summed E-state index contributed by atoms with van der Waals surface area (Å²) in [4.78, 5) is 144. The Kier molecular flexibility index (Phi) is 47.1. The van der Waals surface area contributed by atoms with E-state index in [2.05, 4.69) is 54.8 Å². The van der Waals surface area contributed by atoms with Crippen LogP contribution in [0.2, 0.25) is 0 Å². The fourth-order valence-corrected chi connectivity index (χ4v) is 16.8. The fraction of sp³-hybridized carbons (Fsp3) is 0.900. The maximum atomic E-state index is 16.0. The normalized spacial score (nSPS) is 13.3. The second-order valence-corrected chi connectivity index (χ2v) is 33.2. The lowest BCUT2D eigenvalue weighted by molar-refractivity contribution is -0.159. The molecule has 0 aromatic carbocycles. The number of carbonyl (C=O) groups excluding carboxylic acids is 9. The van der Waals surface area contributed by atoms with E-state index in [4.69, 9.17) is 14.2 Å². The van der Waals surface area contributed by atoms with Crippen molar-refractivity contribution in [3.05, 3.63) is 0 Å². The van der Waals surface area contributed by atoms with E-state index < -0.39 is 125 Å². The fourth-order valence-electron chi connectivity index (χ4n) is 16.8. The molecule has 0 fully saturated rings. The zero-order valence-corrected chi connectivity index (χ0v) is 76.7. The molecule has 0 aliphatic carbocycles. The van der Waals surface area contributed by atoms with Gasteiger partial charge in [0.2, 0.25) is 69.4 Å². The minimum absolute atomic E-state index is 0.167. The van der Waals surface area contributed by atoms with Crippen LogP contribution in [-0.2, 0) is 57.4 Å². The average molecular weight is 1570 g/mol. The summed E-state index contributed by atoms with van der Waals surface area (Å²) >= 11 is 0. The number of hydrogen-bond acceptors (Lipinski definition) is 12. The maximum absolute atomic E-state index is 16.0. The quantitative estimate of drug-likeness (QED) is 0.0203. The van der Waals surface area contributed by atoms with E-state index in [0.717, 1.165) is 12.8 Å². The third kappa shape index (κ3) is 25.8. The van der Waals surface area contributed by atoms with Crippen LogP contribution < -0.4 is 47.9 Å². The van der Waals surface area contributed by atoms with Crippen LogP contribution in [0.5, 0.6) is 0 Å². The number of carbonyl (C=O) groups is 9. The van der Waals surface area contributed by atoms with Crippen molar-refractivity contribution in [2.24, 2.45) is 21.7 Å². The van der Waals surface area contributed by atoms with Gasteiger partial charge in [0.25, 0.3) is 0 Å². The number of unbranched alkanes of at least 4 members (excludes halogenated alkanes) is 2. The number of rotatable bonds is 64. The van der Waals surface area contributed by atoms with Gasteiger partial charge in [-0.15, -0.1) is 0 Å². The molecule has 0 saturated carbocycles. The van der Waals surface area contributed by atoms with Crippen molar-refractivity contribution >= 4 is 53.2 Å². The van der Waals surface area contributed by atoms with Crippen LogP contribution in [0.4, 0.5) is 0 Å². The molecule has 0 spiro atoms. The van der Waals surface area contributed by atoms with Crippen LogP contribution in [0.3, 0.4) is 0 Å². The van der Waals surface area contributed by atoms with Crippen LogP contribution in [-0.4, -0.2) is 143 Å². The van der Waals surface area contributed by atoms with Gasteiger partial charge in [0.05, 0.1) is 19.8 Å². The summed E-state index contributed by atoms with van der Waals surface area (Å²) in [6.07, 6.45) is 15.8. The zero-order chi connectivity index (χ0) is 85.5. The molecule has 0 aliphatic heterocycles. The largest absolute Gasteiger partial charge is 0.381 e. The van der Waals surface area contributed by atoms with Crippen LogP contribution >= 0.6 is 0 Å². The third-order valence-corrected chi connectivity index (χ3v) is 29.6. The van der Waals surface area contributed by atoms with Gasteiger partial charge in [-0.25, -0.2) is 0 Å². The molecule has 0 bridgehead atoms. The van der Waals surface area contributed by atoms with Gasteiger partial charge in [0, 0.05) is 94.3 Å². The summed E-state index contributed by atoms with van der Waals surface area (Å²) in [5, 5.41) is 29.7. The van der Waals surface area contributed by atoms with Crippen molar-refractivity contribution in [1.29, 1.82) is 0 Å². The highest BCUT2D eigenvalue weighted by Gasteiger charge is 2.60. The Bertz CT molecular complexity index is 2160. The SMILES string of the molecule is CCCCCC(COCCC(C(=O)NC(CC)(CC)CC)(C(=O)NC(CC)(CC)CC)C(=O)NC(CC)(CC)CC)(COCCC(C(=O)NC(CC)(CC)CC)(C(=O)NC(CC)(CC)CC)C(=O)NC(CC)(CC)CC)COCCC(C(=O)NC(CC)(CC)CC)(C(=O)NC(CC)(CC)CC)C(=O)NC(CC)(CC)CC. The number of hydrogen-bond donors (Lipinski definition) is 9. The van der Waals surface area contributed by atoms with Crippen LogP contribution in [0.25, 0.3) is 0 Å². The molecule has 0 unspecified atom stereocenters. The lowest BCUT2D eigenvalue weighted by Gasteiger charge is -2.42. The number of nitrogens with one attached hydrogen (secondary N) is 9. The van der Waals surface area contributed by atoms with Crippen molar-refractivity contribution in [1.82, 2.24) is 47.9 Å². The molecular formula is C90H173N9O12. The summed E-state index contributed by atoms with van der Waals surface area (Å²) in [6.45, 7) is 54.5. The molecule has 0 aliphatic rings. The molecule has 0 saturated heterocycles. The van der Waals surface area contributed by atoms with E-state index in [1.54, 1.807) is 0 Å². The highest BCUT2D eigenvalue weighted by Crippen LogP contribution is 2.39. The molecule has 0 heterocycles. The smallest absolute Gasteiger partial charge is 0.245 e. The van der Waals surface area contributed by atoms with Gasteiger partial charge < -0.3 is 62.1 Å². The van der Waals surface area contributed by atoms with Gasteiger partial charge in [-0.1, -0.05) is 213 Å². The van der Waals surface area contributed by atoms with Gasteiger partial charge in [0.15, 0.2) is 0 Å². The monoisotopic (exact) mass is 1570 g/mol. The van der Waals surface area contributed by atoms with Crippen molar-refractivity contribution in [3.8, 4) is 0 Å². The molecule has 0 atom stereocenters. The molecule has 9 N–H and O–H groups in total. The van der Waals surface area contributed by atoms with Crippen LogP contribution in [0, 0.1) is 21.7 Å². The first kappa shape index (κ1) is 106. The van der Waals surface area contributed by atoms with Gasteiger partial charge in [-0.05, 0) is 180 Å². The van der Waals surface area contributed by atoms with Crippen molar-refractivity contribution < 1.29 is 57.4 Å². The summed E-state index contributed by atoms with van der Waals surface area (Å²) < 4.78 is 21.2. The Morgan fingerprint density at radius 3 is 0.423 bits per heavy atom. The highest BCUT2D eigenvalue weighted by atomic mass is 16.5. The lowest BCUT2D eigenvalue weighted by Crippen LogP contribution is -2.67. The van der Waals surface area contributed by atoms with E-state index in [9.17, 15) is 0 Å². The second-order valence-electron chi connectivity index (χ2n) is 33.2. The minimum Gasteiger partial charge on any atom is -0.381 e. The Hall–Kier alpha value is -4.89. The van der Waals surface area contributed by atoms with Crippen LogP contribution in [0.1, 0.15) is 412 Å². The van der Waals surface area contributed by atoms with E-state index in [1.165, 1.54) is 0 Å². The predicted molar refractivity (Wildman–Crippen MR) is 456 cm³/mol. The van der Waals surface area contributed by atoms with Crippen molar-refractivity contribution in [3.63, 3.8) is 0 Å². The first-order chi connectivity index (χ1) is 52.5. The van der Waals surface area contributed by atoms with E-state index >= 15 is 43.2 Å². The molecule has 21 nitrogen and oxygen atoms in total. The molecule has 0 radical (unpaired) electrons. The summed E-state index contributed by atoms with van der Waals surface area (Å²) in [7, 11) is 0. The van der Waals surface area contributed by atoms with E-state index in [1.807, 2.05) is 187 Å². The first-order valence-electron chi connectivity index (χ1n) is 45.1. The standard InChI is InChI=1S/C90H173N9O12/c1-29-57-58-59-78(66-109-63-60-88(69(100)91-79(30-2,31-3)32-4,70(101)92-80(33-5,34-6)35-7)71(102)93-81(36-8,37-9)38-10,67-110-64-61-89(72(103)94-82(39-11,40-12)41-13,73(104)95-83(42-14,43-15)44-16)74(105)96-84(45-17,46-18)47-19)68-111-65-62-90(75(106)97-85(48-20,49-21)50-22,76(107)98-86(51-23,52-24)53-25)77(108)99-87(54-26,55-27)56-28/h29-68H2,1-28H3,(H,91,100)(H,92,101)(H,93,102)(H,94,103)(H,95,104)(H,96,105)(H,97,106)(H,98,107)(H,99,108). The molecule has 9 amide bonds. The second kappa shape index (κ2) is 49.2. The first-order valence-corrected chi connectivity index (χ1v) is 45.1. The van der Waals surface area contributed by atoms with Crippen molar-refractivity contribution in [2.45, 2.75) is 462 Å². The highest BCUT2D eigenvalue weighted by molar-refractivity contribution is 6.24. The molecule has 650 valence electrons. The topological polar surface area (TPSA) is 290 Å². The Balaban J connectivity index is 9.82. The van der Waals surface area contributed by atoms with Gasteiger partial charge >= 0.3 is 0 Å². The third-order valence-electron chi connectivity index (χ3n) is 29.6. The van der Waals surface area contributed by atoms with Gasteiger partial charge in [0.1, 0.15) is 0 Å².